The van der Waals surface area contributed by atoms with Gasteiger partial charge in [0.25, 0.3) is 5.91 Å². The number of aliphatic hydroxyl groups excluding tert-OH is 1. The van der Waals surface area contributed by atoms with E-state index in [1.807, 2.05) is 23.1 Å². The average molecular weight is 434 g/mol. The molecular formula is C26H31N3O3. The van der Waals surface area contributed by atoms with Crippen LogP contribution in [0.3, 0.4) is 0 Å². The maximum absolute atomic E-state index is 13.1. The Morgan fingerprint density at radius 2 is 1.94 bits per heavy atom. The van der Waals surface area contributed by atoms with E-state index >= 15 is 0 Å². The molecule has 1 amide bonds. The summed E-state index contributed by atoms with van der Waals surface area (Å²) in [5.41, 5.74) is 1.58. The predicted octanol–water partition coefficient (Wildman–Crippen LogP) is 2.27. The summed E-state index contributed by atoms with van der Waals surface area (Å²) >= 11 is 0. The van der Waals surface area contributed by atoms with Gasteiger partial charge in [0.15, 0.2) is 0 Å². The number of hydrogen-bond donors (Lipinski definition) is 2. The third-order valence-electron chi connectivity index (χ3n) is 6.37. The van der Waals surface area contributed by atoms with Gasteiger partial charge >= 0.3 is 0 Å². The first-order valence-electron chi connectivity index (χ1n) is 11.3. The maximum atomic E-state index is 13.1. The summed E-state index contributed by atoms with van der Waals surface area (Å²) < 4.78 is 0. The number of hydrogen-bond acceptors (Lipinski definition) is 5. The molecule has 2 aliphatic heterocycles. The fraction of sp³-hybridized carbons (Fsp3) is 0.462. The van der Waals surface area contributed by atoms with Crippen LogP contribution in [0.15, 0.2) is 48.8 Å². The van der Waals surface area contributed by atoms with Gasteiger partial charge in [0.2, 0.25) is 0 Å². The zero-order chi connectivity index (χ0) is 22.7. The van der Waals surface area contributed by atoms with Gasteiger partial charge < -0.3 is 15.1 Å². The van der Waals surface area contributed by atoms with Crippen molar-refractivity contribution < 1.29 is 15.0 Å². The van der Waals surface area contributed by atoms with E-state index in [0.717, 1.165) is 37.1 Å². The van der Waals surface area contributed by atoms with Crippen LogP contribution in [0.4, 0.5) is 0 Å². The van der Waals surface area contributed by atoms with Crippen molar-refractivity contribution in [1.29, 1.82) is 0 Å². The third-order valence-corrected chi connectivity index (χ3v) is 6.37. The van der Waals surface area contributed by atoms with E-state index in [0.29, 0.717) is 12.1 Å². The third kappa shape index (κ3) is 4.86. The normalized spacial score (nSPS) is 23.8. The summed E-state index contributed by atoms with van der Waals surface area (Å²) in [7, 11) is 0. The molecule has 6 heteroatoms. The van der Waals surface area contributed by atoms with Crippen LogP contribution < -0.4 is 0 Å². The number of amides is 1. The minimum absolute atomic E-state index is 0.0170. The van der Waals surface area contributed by atoms with Crippen molar-refractivity contribution in [3.05, 3.63) is 65.5 Å². The number of pyridine rings is 1. The molecule has 2 N–H and O–H groups in total. The van der Waals surface area contributed by atoms with Crippen molar-refractivity contribution in [2.24, 2.45) is 0 Å². The van der Waals surface area contributed by atoms with E-state index in [1.165, 1.54) is 0 Å². The molecule has 2 saturated heterocycles. The largest absolute Gasteiger partial charge is 0.395 e. The summed E-state index contributed by atoms with van der Waals surface area (Å²) in [6.45, 7) is 5.73. The van der Waals surface area contributed by atoms with Gasteiger partial charge in [-0.05, 0) is 63.1 Å². The summed E-state index contributed by atoms with van der Waals surface area (Å²) in [4.78, 5) is 21.5. The molecule has 0 radical (unpaired) electrons. The fourth-order valence-corrected chi connectivity index (χ4v) is 4.81. The minimum Gasteiger partial charge on any atom is -0.395 e. The zero-order valence-corrected chi connectivity index (χ0v) is 18.7. The van der Waals surface area contributed by atoms with Crippen molar-refractivity contribution in [1.82, 2.24) is 14.8 Å². The van der Waals surface area contributed by atoms with Crippen molar-refractivity contribution in [2.75, 3.05) is 26.2 Å². The van der Waals surface area contributed by atoms with Gasteiger partial charge in [0.05, 0.1) is 12.2 Å². The topological polar surface area (TPSA) is 76.9 Å². The first-order valence-corrected chi connectivity index (χ1v) is 11.3. The standard InChI is InChI=1S/C26H31N3O3/c1-26(2,32)12-11-19-7-9-20(10-8-19)24-22-17-28(25(31)21-6-5-13-27-16-21)14-3-4-15-29(22)23(24)18-30/h5-10,13,16,22-24,30,32H,3-4,14-15,17-18H2,1-2H3/t22-,23-,24+/m0/s1. The number of fused-ring (bicyclic) bond motifs is 1. The molecule has 2 aromatic rings. The Labute approximate surface area is 189 Å². The average Bonchev–Trinajstić information content (AvgIpc) is 2.77. The van der Waals surface area contributed by atoms with Gasteiger partial charge in [0, 0.05) is 49.0 Å². The monoisotopic (exact) mass is 433 g/mol. The van der Waals surface area contributed by atoms with Gasteiger partial charge in [-0.15, -0.1) is 0 Å². The van der Waals surface area contributed by atoms with E-state index in [-0.39, 0.29) is 30.5 Å². The molecule has 0 bridgehead atoms. The van der Waals surface area contributed by atoms with E-state index in [2.05, 4.69) is 33.9 Å². The SMILES string of the molecule is CC(C)(O)C#Cc1ccc([C@H]2[C@H](CO)N3CCCCN(C(=O)c4cccnc4)C[C@@H]23)cc1. The number of aliphatic hydroxyl groups is 2. The van der Waals surface area contributed by atoms with Crippen LogP contribution in [0, 0.1) is 11.8 Å². The first-order chi connectivity index (χ1) is 15.4. The lowest BCUT2D eigenvalue weighted by atomic mass is 9.74. The number of rotatable bonds is 3. The van der Waals surface area contributed by atoms with Crippen LogP contribution in [-0.2, 0) is 0 Å². The van der Waals surface area contributed by atoms with Gasteiger partial charge in [-0.2, -0.15) is 0 Å². The number of aromatic nitrogens is 1. The highest BCUT2D eigenvalue weighted by atomic mass is 16.3. The lowest BCUT2D eigenvalue weighted by Gasteiger charge is -2.57. The lowest BCUT2D eigenvalue weighted by molar-refractivity contribution is -0.0606. The number of carbonyl (C=O) groups excluding carboxylic acids is 1. The Balaban J connectivity index is 1.55. The molecule has 2 aliphatic rings. The Morgan fingerprint density at radius 1 is 1.19 bits per heavy atom. The van der Waals surface area contributed by atoms with E-state index in [9.17, 15) is 15.0 Å². The van der Waals surface area contributed by atoms with Crippen LogP contribution in [0.25, 0.3) is 0 Å². The van der Waals surface area contributed by atoms with Crippen molar-refractivity contribution in [3.63, 3.8) is 0 Å². The van der Waals surface area contributed by atoms with Gasteiger partial charge in [-0.3, -0.25) is 14.7 Å². The molecule has 0 spiro atoms. The molecule has 0 saturated carbocycles. The Hall–Kier alpha value is -2.72. The van der Waals surface area contributed by atoms with Gasteiger partial charge in [-0.1, -0.05) is 24.0 Å². The molecule has 3 heterocycles. The van der Waals surface area contributed by atoms with Crippen molar-refractivity contribution >= 4 is 5.91 Å². The zero-order valence-electron chi connectivity index (χ0n) is 18.7. The van der Waals surface area contributed by atoms with Crippen LogP contribution in [0.1, 0.15) is 54.1 Å². The Morgan fingerprint density at radius 3 is 2.59 bits per heavy atom. The predicted molar refractivity (Wildman–Crippen MR) is 123 cm³/mol. The van der Waals surface area contributed by atoms with Crippen LogP contribution in [0.2, 0.25) is 0 Å². The maximum Gasteiger partial charge on any atom is 0.255 e. The highest BCUT2D eigenvalue weighted by Crippen LogP contribution is 2.42. The van der Waals surface area contributed by atoms with Gasteiger partial charge in [-0.25, -0.2) is 0 Å². The molecule has 4 rings (SSSR count). The smallest absolute Gasteiger partial charge is 0.255 e. The molecule has 0 aliphatic carbocycles. The second-order valence-corrected chi connectivity index (χ2v) is 9.21. The Kier molecular flexibility index (Phi) is 6.61. The molecule has 6 nitrogen and oxygen atoms in total. The second kappa shape index (κ2) is 9.41. The highest BCUT2D eigenvalue weighted by molar-refractivity contribution is 5.93. The first kappa shape index (κ1) is 22.5. The highest BCUT2D eigenvalue weighted by Gasteiger charge is 2.49. The quantitative estimate of drug-likeness (QED) is 0.727. The van der Waals surface area contributed by atoms with Crippen molar-refractivity contribution in [2.45, 2.75) is 50.3 Å². The van der Waals surface area contributed by atoms with Crippen LogP contribution in [0.5, 0.6) is 0 Å². The second-order valence-electron chi connectivity index (χ2n) is 9.21. The molecule has 2 fully saturated rings. The molecular weight excluding hydrogens is 402 g/mol. The Bertz CT molecular complexity index is 989. The van der Waals surface area contributed by atoms with E-state index in [1.54, 1.807) is 32.3 Å². The number of nitrogens with zero attached hydrogens (tertiary/aromatic N) is 3. The molecule has 0 unspecified atom stereocenters. The summed E-state index contributed by atoms with van der Waals surface area (Å²) in [5.74, 6) is 6.01. The summed E-state index contributed by atoms with van der Waals surface area (Å²) in [6, 6.07) is 11.9. The van der Waals surface area contributed by atoms with E-state index < -0.39 is 5.60 Å². The molecule has 168 valence electrons. The molecule has 32 heavy (non-hydrogen) atoms. The molecule has 1 aromatic heterocycles. The van der Waals surface area contributed by atoms with Gasteiger partial charge in [0.1, 0.15) is 5.60 Å². The van der Waals surface area contributed by atoms with E-state index in [4.69, 9.17) is 0 Å². The van der Waals surface area contributed by atoms with Crippen LogP contribution in [-0.4, -0.2) is 74.8 Å². The van der Waals surface area contributed by atoms with Crippen molar-refractivity contribution in [3.8, 4) is 11.8 Å². The lowest BCUT2D eigenvalue weighted by Crippen LogP contribution is -2.67. The number of carbonyl (C=O) groups is 1. The molecule has 3 atom stereocenters. The fourth-order valence-electron chi connectivity index (χ4n) is 4.81. The minimum atomic E-state index is -1.03. The number of benzene rings is 1. The summed E-state index contributed by atoms with van der Waals surface area (Å²) in [6.07, 6.45) is 5.26. The van der Waals surface area contributed by atoms with Crippen LogP contribution >= 0.6 is 0 Å². The molecule has 1 aromatic carbocycles. The summed E-state index contributed by atoms with van der Waals surface area (Å²) in [5, 5.41) is 19.9.